The lowest BCUT2D eigenvalue weighted by Crippen LogP contribution is -2.30. The van der Waals surface area contributed by atoms with Gasteiger partial charge in [-0.1, -0.05) is 97.1 Å². The van der Waals surface area contributed by atoms with Crippen molar-refractivity contribution in [3.05, 3.63) is 139 Å². The molecule has 5 nitrogen and oxygen atoms in total. The number of amides is 2. The van der Waals surface area contributed by atoms with E-state index in [-0.39, 0.29) is 11.5 Å². The van der Waals surface area contributed by atoms with Gasteiger partial charge in [-0.05, 0) is 57.8 Å². The highest BCUT2D eigenvalue weighted by Crippen LogP contribution is 2.47. The lowest BCUT2D eigenvalue weighted by molar-refractivity contribution is 0.0926. The normalized spacial score (nSPS) is 12.6. The third kappa shape index (κ3) is 3.86. The Labute approximate surface area is 236 Å². The largest absolute Gasteiger partial charge is 0.508 e. The lowest BCUT2D eigenvalue weighted by Gasteiger charge is -2.18. The van der Waals surface area contributed by atoms with Gasteiger partial charge >= 0.3 is 0 Å². The Morgan fingerprint density at radius 2 is 0.854 bits per heavy atom. The molecule has 6 aromatic rings. The van der Waals surface area contributed by atoms with Crippen molar-refractivity contribution in [2.24, 2.45) is 0 Å². The van der Waals surface area contributed by atoms with Crippen LogP contribution < -0.4 is 4.90 Å². The molecule has 1 aliphatic heterocycles. The molecule has 0 saturated carbocycles. The summed E-state index contributed by atoms with van der Waals surface area (Å²) in [5, 5.41) is 21.6. The van der Waals surface area contributed by atoms with E-state index in [0.29, 0.717) is 39.1 Å². The summed E-state index contributed by atoms with van der Waals surface area (Å²) in [6.45, 7) is 0. The number of hydrogen-bond acceptors (Lipinski definition) is 4. The van der Waals surface area contributed by atoms with Crippen molar-refractivity contribution >= 4 is 28.3 Å². The Morgan fingerprint density at radius 3 is 1.37 bits per heavy atom. The van der Waals surface area contributed by atoms with E-state index >= 15 is 0 Å². The summed E-state index contributed by atoms with van der Waals surface area (Å²) in [5.41, 5.74) is 5.48. The number of hydrogen-bond donors (Lipinski definition) is 2. The molecule has 0 aliphatic carbocycles. The van der Waals surface area contributed by atoms with Crippen LogP contribution in [0.25, 0.3) is 44.2 Å². The van der Waals surface area contributed by atoms with E-state index in [0.717, 1.165) is 21.9 Å². The Hall–Kier alpha value is -5.68. The first-order chi connectivity index (χ1) is 20.0. The second kappa shape index (κ2) is 9.50. The molecule has 2 amide bonds. The van der Waals surface area contributed by atoms with Gasteiger partial charge in [-0.2, -0.15) is 0 Å². The fraction of sp³-hybridized carbons (Fsp3) is 0. The van der Waals surface area contributed by atoms with Crippen molar-refractivity contribution in [1.29, 1.82) is 0 Å². The summed E-state index contributed by atoms with van der Waals surface area (Å²) in [6.07, 6.45) is 0. The molecule has 0 radical (unpaired) electrons. The van der Waals surface area contributed by atoms with Gasteiger partial charge in [0.25, 0.3) is 11.8 Å². The van der Waals surface area contributed by atoms with Crippen molar-refractivity contribution < 1.29 is 19.8 Å². The highest BCUT2D eigenvalue weighted by Gasteiger charge is 2.43. The maximum Gasteiger partial charge on any atom is 0.266 e. The Morgan fingerprint density at radius 1 is 0.415 bits per heavy atom. The van der Waals surface area contributed by atoms with Crippen LogP contribution in [0.5, 0.6) is 11.5 Å². The molecule has 0 atom stereocenters. The predicted octanol–water partition coefficient (Wildman–Crippen LogP) is 8.05. The van der Waals surface area contributed by atoms with Crippen LogP contribution in [0.4, 0.5) is 5.69 Å². The van der Waals surface area contributed by atoms with Crippen LogP contribution in [0.3, 0.4) is 0 Å². The number of carbonyl (C=O) groups excluding carboxylic acids is 2. The van der Waals surface area contributed by atoms with Gasteiger partial charge in [0, 0.05) is 16.7 Å². The summed E-state index contributed by atoms with van der Waals surface area (Å²) in [5.74, 6) is -0.614. The van der Waals surface area contributed by atoms with Crippen molar-refractivity contribution in [2.75, 3.05) is 4.90 Å². The van der Waals surface area contributed by atoms with Crippen LogP contribution >= 0.6 is 0 Å². The molecule has 196 valence electrons. The Balaban J connectivity index is 1.57. The second-order valence-electron chi connectivity index (χ2n) is 9.97. The number of anilines is 1. The van der Waals surface area contributed by atoms with E-state index in [1.54, 1.807) is 54.6 Å². The van der Waals surface area contributed by atoms with Gasteiger partial charge in [-0.25, -0.2) is 4.90 Å². The van der Waals surface area contributed by atoms with E-state index < -0.39 is 11.8 Å². The number of rotatable bonds is 4. The highest BCUT2D eigenvalue weighted by atomic mass is 16.3. The summed E-state index contributed by atoms with van der Waals surface area (Å²) < 4.78 is 0. The minimum atomic E-state index is -0.415. The van der Waals surface area contributed by atoms with Gasteiger partial charge in [-0.15, -0.1) is 0 Å². The first kappa shape index (κ1) is 24.4. The highest BCUT2D eigenvalue weighted by molar-refractivity contribution is 6.41. The number of nitrogens with zero attached hydrogens (tertiary/aromatic N) is 1. The maximum absolute atomic E-state index is 14.5. The number of aromatic hydroxyl groups is 2. The number of para-hydroxylation sites is 1. The first-order valence-corrected chi connectivity index (χ1v) is 13.2. The van der Waals surface area contributed by atoms with Crippen LogP contribution in [-0.2, 0) is 0 Å². The molecule has 0 saturated heterocycles. The molecule has 0 unspecified atom stereocenters. The quantitative estimate of drug-likeness (QED) is 0.225. The van der Waals surface area contributed by atoms with Gasteiger partial charge in [-0.3, -0.25) is 9.59 Å². The summed E-state index contributed by atoms with van der Waals surface area (Å²) in [6, 6.07) is 38.1. The average molecular weight is 534 g/mol. The second-order valence-corrected chi connectivity index (χ2v) is 9.97. The molecular weight excluding hydrogens is 510 g/mol. The molecule has 0 spiro atoms. The standard InChI is InChI=1S/C36H23NO4/c38-25-18-14-23(15-19-25)31-28-11-4-5-12-29(28)32(24-16-20-26(39)21-17-24)34-33(31)35(40)37(36(34)41)30-13-7-6-10-27(30)22-8-2-1-3-9-22/h1-21,38-39H. The number of imide groups is 1. The minimum Gasteiger partial charge on any atom is -0.508 e. The zero-order valence-electron chi connectivity index (χ0n) is 21.8. The lowest BCUT2D eigenvalue weighted by atomic mass is 9.84. The molecule has 2 N–H and O–H groups in total. The van der Waals surface area contributed by atoms with Crippen LogP contribution in [-0.4, -0.2) is 22.0 Å². The number of benzene rings is 6. The molecule has 1 heterocycles. The summed E-state index contributed by atoms with van der Waals surface area (Å²) in [4.78, 5) is 30.4. The fourth-order valence-corrected chi connectivity index (χ4v) is 5.79. The molecule has 1 aliphatic rings. The Bertz CT molecular complexity index is 1870. The molecule has 0 bridgehead atoms. The summed E-state index contributed by atoms with van der Waals surface area (Å²) in [7, 11) is 0. The van der Waals surface area contributed by atoms with Crippen LogP contribution in [0, 0.1) is 0 Å². The third-order valence-corrected chi connectivity index (χ3v) is 7.59. The molecule has 0 aromatic heterocycles. The average Bonchev–Trinajstić information content (AvgIpc) is 3.26. The van der Waals surface area contributed by atoms with Crippen molar-refractivity contribution in [3.63, 3.8) is 0 Å². The predicted molar refractivity (Wildman–Crippen MR) is 161 cm³/mol. The van der Waals surface area contributed by atoms with Crippen molar-refractivity contribution in [2.45, 2.75) is 0 Å². The zero-order chi connectivity index (χ0) is 28.1. The van der Waals surface area contributed by atoms with Gasteiger partial charge in [0.05, 0.1) is 16.8 Å². The maximum atomic E-state index is 14.5. The monoisotopic (exact) mass is 533 g/mol. The smallest absolute Gasteiger partial charge is 0.266 e. The molecular formula is C36H23NO4. The van der Waals surface area contributed by atoms with E-state index in [2.05, 4.69) is 0 Å². The molecule has 6 aromatic carbocycles. The number of phenols is 2. The molecule has 7 rings (SSSR count). The van der Waals surface area contributed by atoms with Crippen molar-refractivity contribution in [1.82, 2.24) is 0 Å². The molecule has 0 fully saturated rings. The zero-order valence-corrected chi connectivity index (χ0v) is 21.8. The van der Waals surface area contributed by atoms with Gasteiger partial charge in [0.2, 0.25) is 0 Å². The van der Waals surface area contributed by atoms with Crippen LogP contribution in [0.1, 0.15) is 20.7 Å². The van der Waals surface area contributed by atoms with Gasteiger partial charge < -0.3 is 10.2 Å². The SMILES string of the molecule is O=C1c2c(c(-c3ccc(O)cc3)c3ccccc3c2-c2ccc(O)cc2)C(=O)N1c1ccccc1-c1ccccc1. The van der Waals surface area contributed by atoms with Crippen LogP contribution in [0.2, 0.25) is 0 Å². The van der Waals surface area contributed by atoms with Crippen molar-refractivity contribution in [3.8, 4) is 44.9 Å². The van der Waals surface area contributed by atoms with E-state index in [1.165, 1.54) is 4.90 Å². The fourth-order valence-electron chi connectivity index (χ4n) is 5.79. The van der Waals surface area contributed by atoms with E-state index in [1.807, 2.05) is 72.8 Å². The van der Waals surface area contributed by atoms with E-state index in [4.69, 9.17) is 0 Å². The van der Waals surface area contributed by atoms with Gasteiger partial charge in [0.1, 0.15) is 11.5 Å². The van der Waals surface area contributed by atoms with E-state index in [9.17, 15) is 19.8 Å². The first-order valence-electron chi connectivity index (χ1n) is 13.2. The number of carbonyl (C=O) groups is 2. The number of fused-ring (bicyclic) bond motifs is 2. The van der Waals surface area contributed by atoms with Gasteiger partial charge in [0.15, 0.2) is 0 Å². The number of phenolic OH excluding ortho intramolecular Hbond substituents is 2. The third-order valence-electron chi connectivity index (χ3n) is 7.59. The topological polar surface area (TPSA) is 77.8 Å². The summed E-state index contributed by atoms with van der Waals surface area (Å²) >= 11 is 0. The van der Waals surface area contributed by atoms with Crippen LogP contribution in [0.15, 0.2) is 127 Å². The Kier molecular flexibility index (Phi) is 5.65. The molecule has 41 heavy (non-hydrogen) atoms. The molecule has 5 heteroatoms. The minimum absolute atomic E-state index is 0.108.